The van der Waals surface area contributed by atoms with Gasteiger partial charge in [0, 0.05) is 18.5 Å². The molecule has 0 spiro atoms. The van der Waals surface area contributed by atoms with Gasteiger partial charge in [0.1, 0.15) is 0 Å². The number of carbonyl (C=O) groups is 2. The van der Waals surface area contributed by atoms with Crippen LogP contribution < -0.4 is 5.56 Å². The molecule has 1 aliphatic rings. The van der Waals surface area contributed by atoms with Crippen molar-refractivity contribution >= 4 is 22.6 Å². The van der Waals surface area contributed by atoms with Gasteiger partial charge in [-0.15, -0.1) is 0 Å². The predicted octanol–water partition coefficient (Wildman–Crippen LogP) is 1.98. The van der Waals surface area contributed by atoms with Crippen molar-refractivity contribution in [3.8, 4) is 0 Å². The number of H-pyrrole nitrogens is 1. The van der Waals surface area contributed by atoms with Crippen molar-refractivity contribution in [1.82, 2.24) is 15.1 Å². The van der Waals surface area contributed by atoms with Crippen LogP contribution >= 0.6 is 0 Å². The molecule has 1 atom stereocenters. The lowest BCUT2D eigenvalue weighted by Crippen LogP contribution is -2.42. The average Bonchev–Trinajstić information content (AvgIpc) is 2.75. The van der Waals surface area contributed by atoms with E-state index in [1.807, 2.05) is 18.2 Å². The summed E-state index contributed by atoms with van der Waals surface area (Å²) in [6.07, 6.45) is -0.227. The zero-order chi connectivity index (χ0) is 20.4. The van der Waals surface area contributed by atoms with Crippen LogP contribution in [0.1, 0.15) is 23.7 Å². The fraction of sp³-hybridized carbons (Fsp3) is 0.273. The maximum Gasteiger partial charge on any atom is 0.312 e. The highest BCUT2D eigenvalue weighted by atomic mass is 16.5. The summed E-state index contributed by atoms with van der Waals surface area (Å²) >= 11 is 0. The van der Waals surface area contributed by atoms with E-state index in [0.29, 0.717) is 29.6 Å². The minimum Gasteiger partial charge on any atom is -0.452 e. The van der Waals surface area contributed by atoms with E-state index in [9.17, 15) is 14.4 Å². The summed E-state index contributed by atoms with van der Waals surface area (Å²) in [5, 5.41) is 7.43. The summed E-state index contributed by atoms with van der Waals surface area (Å²) in [6.45, 7) is 2.70. The number of nitrogens with zero attached hydrogens (tertiary/aromatic N) is 2. The van der Waals surface area contributed by atoms with E-state index in [2.05, 4.69) is 16.3 Å². The Labute approximate surface area is 167 Å². The number of esters is 1. The maximum absolute atomic E-state index is 12.7. The molecular formula is C22H21N3O4. The quantitative estimate of drug-likeness (QED) is 0.687. The topological polar surface area (TPSA) is 92.4 Å². The Balaban J connectivity index is 1.42. The molecule has 0 saturated heterocycles. The molecule has 1 aliphatic heterocycles. The largest absolute Gasteiger partial charge is 0.452 e. The van der Waals surface area contributed by atoms with E-state index in [1.165, 1.54) is 5.56 Å². The first-order valence-corrected chi connectivity index (χ1v) is 9.54. The number of hydrogen-bond acceptors (Lipinski definition) is 5. The summed E-state index contributed by atoms with van der Waals surface area (Å²) in [5.74, 6) is -0.778. The molecule has 0 bridgehead atoms. The Kier molecular flexibility index (Phi) is 5.12. The minimum absolute atomic E-state index is 0.127. The van der Waals surface area contributed by atoms with Crippen LogP contribution in [0.2, 0.25) is 0 Å². The fourth-order valence-corrected chi connectivity index (χ4v) is 3.67. The van der Waals surface area contributed by atoms with Gasteiger partial charge in [0.05, 0.1) is 17.5 Å². The number of amides is 1. The maximum atomic E-state index is 12.7. The number of fused-ring (bicyclic) bond motifs is 2. The number of nitrogens with one attached hydrogen (secondary N) is 1. The first-order chi connectivity index (χ1) is 14.0. The first kappa shape index (κ1) is 18.9. The molecule has 0 saturated carbocycles. The van der Waals surface area contributed by atoms with Gasteiger partial charge in [0.2, 0.25) is 0 Å². The highest BCUT2D eigenvalue weighted by molar-refractivity contribution is 5.88. The van der Waals surface area contributed by atoms with Crippen LogP contribution in [0.5, 0.6) is 0 Å². The zero-order valence-electron chi connectivity index (χ0n) is 16.1. The standard InChI is InChI=1S/C22H21N3O4/c1-14(22(28)25-11-10-15-6-2-3-7-16(15)13-25)29-20(26)12-19-17-8-4-5-9-18(17)21(27)24-23-19/h2-9,14H,10-13H2,1H3,(H,24,27)/t14-/m0/s1. The van der Waals surface area contributed by atoms with Crippen LogP contribution in [0.3, 0.4) is 0 Å². The number of aromatic nitrogens is 2. The van der Waals surface area contributed by atoms with E-state index < -0.39 is 12.1 Å². The summed E-state index contributed by atoms with van der Waals surface area (Å²) in [6, 6.07) is 15.0. The monoisotopic (exact) mass is 391 g/mol. The van der Waals surface area contributed by atoms with Crippen LogP contribution in [0.15, 0.2) is 53.3 Å². The van der Waals surface area contributed by atoms with Crippen molar-refractivity contribution in [2.75, 3.05) is 6.54 Å². The molecule has 0 radical (unpaired) electrons. The molecular weight excluding hydrogens is 370 g/mol. The van der Waals surface area contributed by atoms with Gasteiger partial charge in [-0.1, -0.05) is 42.5 Å². The van der Waals surface area contributed by atoms with Crippen molar-refractivity contribution in [2.45, 2.75) is 32.4 Å². The van der Waals surface area contributed by atoms with Gasteiger partial charge in [-0.25, -0.2) is 5.10 Å². The molecule has 2 heterocycles. The van der Waals surface area contributed by atoms with Crippen molar-refractivity contribution in [2.24, 2.45) is 0 Å². The average molecular weight is 391 g/mol. The molecule has 29 heavy (non-hydrogen) atoms. The van der Waals surface area contributed by atoms with E-state index in [1.54, 1.807) is 36.1 Å². The number of ether oxygens (including phenoxy) is 1. The van der Waals surface area contributed by atoms with Crippen molar-refractivity contribution < 1.29 is 14.3 Å². The van der Waals surface area contributed by atoms with Gasteiger partial charge in [-0.2, -0.15) is 5.10 Å². The number of hydrogen-bond donors (Lipinski definition) is 1. The number of carbonyl (C=O) groups excluding carboxylic acids is 2. The molecule has 1 N–H and O–H groups in total. The molecule has 1 amide bonds. The summed E-state index contributed by atoms with van der Waals surface area (Å²) < 4.78 is 5.37. The molecule has 0 aliphatic carbocycles. The lowest BCUT2D eigenvalue weighted by Gasteiger charge is -2.30. The van der Waals surface area contributed by atoms with Gasteiger partial charge in [-0.05, 0) is 30.5 Å². The number of benzene rings is 2. The molecule has 3 aromatic rings. The highest BCUT2D eigenvalue weighted by Gasteiger charge is 2.27. The molecule has 4 rings (SSSR count). The Bertz CT molecular complexity index is 1140. The van der Waals surface area contributed by atoms with Gasteiger partial charge in [-0.3, -0.25) is 14.4 Å². The Morgan fingerprint density at radius 2 is 1.79 bits per heavy atom. The minimum atomic E-state index is -0.887. The Morgan fingerprint density at radius 1 is 1.10 bits per heavy atom. The Hall–Kier alpha value is -3.48. The predicted molar refractivity (Wildman–Crippen MR) is 107 cm³/mol. The van der Waals surface area contributed by atoms with Gasteiger partial charge in [0.15, 0.2) is 6.10 Å². The molecule has 0 unspecified atom stereocenters. The van der Waals surface area contributed by atoms with Crippen LogP contribution in [0, 0.1) is 0 Å². The molecule has 7 nitrogen and oxygen atoms in total. The van der Waals surface area contributed by atoms with E-state index in [4.69, 9.17) is 4.74 Å². The third kappa shape index (κ3) is 3.89. The molecule has 7 heteroatoms. The normalized spacial score (nSPS) is 14.3. The second kappa shape index (κ2) is 7.87. The summed E-state index contributed by atoms with van der Waals surface area (Å²) in [7, 11) is 0. The fourth-order valence-electron chi connectivity index (χ4n) is 3.67. The second-order valence-corrected chi connectivity index (χ2v) is 7.13. The number of aromatic amines is 1. The molecule has 2 aromatic carbocycles. The van der Waals surface area contributed by atoms with Gasteiger partial charge in [0.25, 0.3) is 11.5 Å². The van der Waals surface area contributed by atoms with Crippen molar-refractivity contribution in [3.63, 3.8) is 0 Å². The van der Waals surface area contributed by atoms with Crippen molar-refractivity contribution in [1.29, 1.82) is 0 Å². The lowest BCUT2D eigenvalue weighted by atomic mass is 9.99. The van der Waals surface area contributed by atoms with E-state index in [-0.39, 0.29) is 17.9 Å². The Morgan fingerprint density at radius 3 is 2.59 bits per heavy atom. The third-order valence-electron chi connectivity index (χ3n) is 5.19. The summed E-state index contributed by atoms with van der Waals surface area (Å²) in [5.41, 5.74) is 2.47. The van der Waals surface area contributed by atoms with Crippen LogP contribution in [-0.2, 0) is 33.7 Å². The second-order valence-electron chi connectivity index (χ2n) is 7.13. The molecule has 148 valence electrons. The van der Waals surface area contributed by atoms with Gasteiger partial charge >= 0.3 is 5.97 Å². The SMILES string of the molecule is C[C@H](OC(=O)Cc1n[nH]c(=O)c2ccccc12)C(=O)N1CCc2ccccc2C1. The number of rotatable bonds is 4. The summed E-state index contributed by atoms with van der Waals surface area (Å²) in [4.78, 5) is 38.7. The molecule has 0 fully saturated rings. The van der Waals surface area contributed by atoms with E-state index >= 15 is 0 Å². The van der Waals surface area contributed by atoms with Crippen LogP contribution in [-0.4, -0.2) is 39.6 Å². The lowest BCUT2D eigenvalue weighted by molar-refractivity contribution is -0.159. The van der Waals surface area contributed by atoms with Gasteiger partial charge < -0.3 is 9.64 Å². The van der Waals surface area contributed by atoms with E-state index in [0.717, 1.165) is 12.0 Å². The van der Waals surface area contributed by atoms with Crippen LogP contribution in [0.4, 0.5) is 0 Å². The molecule has 1 aromatic heterocycles. The zero-order valence-corrected chi connectivity index (χ0v) is 16.1. The highest BCUT2D eigenvalue weighted by Crippen LogP contribution is 2.20. The first-order valence-electron chi connectivity index (χ1n) is 9.54. The van der Waals surface area contributed by atoms with Crippen LogP contribution in [0.25, 0.3) is 10.8 Å². The smallest absolute Gasteiger partial charge is 0.312 e. The third-order valence-corrected chi connectivity index (χ3v) is 5.19. The van der Waals surface area contributed by atoms with Crippen molar-refractivity contribution in [3.05, 3.63) is 75.7 Å².